The second kappa shape index (κ2) is 5.39. The summed E-state index contributed by atoms with van der Waals surface area (Å²) < 4.78 is 69.6. The van der Waals surface area contributed by atoms with Crippen LogP contribution in [-0.4, -0.2) is 13.7 Å². The van der Waals surface area contributed by atoms with E-state index in [1.165, 1.54) is 12.1 Å². The van der Waals surface area contributed by atoms with Gasteiger partial charge in [-0.2, -0.15) is 8.78 Å². The van der Waals surface area contributed by atoms with Crippen molar-refractivity contribution in [1.82, 2.24) is 0 Å². The maximum absolute atomic E-state index is 13.6. The van der Waals surface area contributed by atoms with Crippen molar-refractivity contribution in [3.8, 4) is 11.5 Å². The van der Waals surface area contributed by atoms with Crippen molar-refractivity contribution >= 4 is 37.4 Å². The molecule has 0 atom stereocenters. The summed E-state index contributed by atoms with van der Waals surface area (Å²) in [5, 5.41) is -3.76. The summed E-state index contributed by atoms with van der Waals surface area (Å²) in [6.45, 7) is 0. The van der Waals surface area contributed by atoms with Crippen molar-refractivity contribution in [1.29, 1.82) is 0 Å². The van der Waals surface area contributed by atoms with E-state index in [1.54, 1.807) is 0 Å². The smallest absolute Gasteiger partial charge is 0.354 e. The molecule has 0 unspecified atom stereocenters. The van der Waals surface area contributed by atoms with Gasteiger partial charge in [-0.15, -0.1) is 0 Å². The highest BCUT2D eigenvalue weighted by Gasteiger charge is 2.53. The molecule has 2 aromatic rings. The molecule has 2 aromatic carbocycles. The monoisotopic (exact) mass is 426 g/mol. The largest absolute Gasteiger partial charge is 0.456 e. The number of sulfone groups is 1. The minimum absolute atomic E-state index is 0.0586. The van der Waals surface area contributed by atoms with Gasteiger partial charge in [0, 0.05) is 11.1 Å². The van der Waals surface area contributed by atoms with E-state index < -0.39 is 32.2 Å². The molecule has 1 heterocycles. The van der Waals surface area contributed by atoms with E-state index in [0.29, 0.717) is 0 Å². The molecular formula is C14H7BrClF3O3S. The lowest BCUT2D eigenvalue weighted by Crippen LogP contribution is -2.24. The minimum Gasteiger partial charge on any atom is -0.456 e. The average molecular weight is 428 g/mol. The third-order valence-corrected chi connectivity index (χ3v) is 6.27. The van der Waals surface area contributed by atoms with E-state index in [1.807, 2.05) is 0 Å². The van der Waals surface area contributed by atoms with Crippen molar-refractivity contribution in [3.63, 3.8) is 0 Å². The van der Waals surface area contributed by atoms with E-state index in [0.717, 1.165) is 18.2 Å². The van der Waals surface area contributed by atoms with Crippen LogP contribution >= 0.6 is 27.5 Å². The normalized spacial score (nSPS) is 17.8. The van der Waals surface area contributed by atoms with E-state index in [4.69, 9.17) is 16.3 Å². The zero-order chi connectivity index (χ0) is 17.0. The molecule has 0 N–H and O–H groups in total. The summed E-state index contributed by atoms with van der Waals surface area (Å²) in [4.78, 5) is -0.445. The molecule has 0 radical (unpaired) electrons. The molecule has 0 amide bonds. The Morgan fingerprint density at radius 3 is 2.57 bits per heavy atom. The lowest BCUT2D eigenvalue weighted by molar-refractivity contribution is 0.0981. The molecule has 0 saturated carbocycles. The first-order chi connectivity index (χ1) is 10.6. The van der Waals surface area contributed by atoms with Gasteiger partial charge in [0.2, 0.25) is 9.84 Å². The number of hydrogen-bond acceptors (Lipinski definition) is 3. The highest BCUT2D eigenvalue weighted by atomic mass is 79.9. The summed E-state index contributed by atoms with van der Waals surface area (Å²) in [5.74, 6) is -0.486. The van der Waals surface area contributed by atoms with Gasteiger partial charge in [-0.05, 0) is 45.8 Å². The Morgan fingerprint density at radius 1 is 1.22 bits per heavy atom. The van der Waals surface area contributed by atoms with Gasteiger partial charge in [-0.25, -0.2) is 12.8 Å². The number of fused-ring (bicyclic) bond motifs is 1. The van der Waals surface area contributed by atoms with E-state index in [-0.39, 0.29) is 26.6 Å². The van der Waals surface area contributed by atoms with Crippen LogP contribution in [-0.2, 0) is 16.3 Å². The van der Waals surface area contributed by atoms with Crippen LogP contribution in [0, 0.1) is 5.82 Å². The summed E-state index contributed by atoms with van der Waals surface area (Å²) >= 11 is 8.80. The summed E-state index contributed by atoms with van der Waals surface area (Å²) in [6, 6.07) is 5.76. The first-order valence-electron chi connectivity index (χ1n) is 6.19. The van der Waals surface area contributed by atoms with Crippen LogP contribution < -0.4 is 4.74 Å². The lowest BCUT2D eigenvalue weighted by Gasteiger charge is -2.10. The predicted molar refractivity (Wildman–Crippen MR) is 81.5 cm³/mol. The third-order valence-electron chi connectivity index (χ3n) is 3.29. The summed E-state index contributed by atoms with van der Waals surface area (Å²) in [6.07, 6.45) is -0.952. The molecule has 0 aromatic heterocycles. The summed E-state index contributed by atoms with van der Waals surface area (Å²) in [7, 11) is -4.71. The third kappa shape index (κ3) is 2.72. The lowest BCUT2D eigenvalue weighted by atomic mass is 10.1. The number of halogens is 5. The highest BCUT2D eigenvalue weighted by molar-refractivity contribution is 9.10. The molecular weight excluding hydrogens is 421 g/mol. The fraction of sp³-hybridized carbons (Fsp3) is 0.143. The van der Waals surface area contributed by atoms with E-state index in [9.17, 15) is 21.6 Å². The number of hydrogen-bond donors (Lipinski definition) is 0. The molecule has 0 fully saturated rings. The fourth-order valence-corrected chi connectivity index (χ4v) is 4.57. The van der Waals surface area contributed by atoms with Crippen molar-refractivity contribution in [2.75, 3.05) is 0 Å². The van der Waals surface area contributed by atoms with Crippen LogP contribution in [0.1, 0.15) is 5.56 Å². The molecule has 3 rings (SSSR count). The zero-order valence-electron chi connectivity index (χ0n) is 11.1. The van der Waals surface area contributed by atoms with Gasteiger partial charge >= 0.3 is 5.25 Å². The van der Waals surface area contributed by atoms with Gasteiger partial charge in [-0.3, -0.25) is 0 Å². The van der Waals surface area contributed by atoms with Crippen LogP contribution in [0.15, 0.2) is 39.7 Å². The Labute approximate surface area is 143 Å². The number of benzene rings is 2. The van der Waals surface area contributed by atoms with Crippen LogP contribution in [0.3, 0.4) is 0 Å². The Hall–Kier alpha value is -1.25. The minimum atomic E-state index is -4.71. The van der Waals surface area contributed by atoms with Gasteiger partial charge in [0.25, 0.3) is 0 Å². The molecule has 0 bridgehead atoms. The molecule has 23 heavy (non-hydrogen) atoms. The Bertz CT molecular complexity index is 895. The van der Waals surface area contributed by atoms with E-state index >= 15 is 0 Å². The molecule has 1 aliphatic heterocycles. The van der Waals surface area contributed by atoms with Crippen molar-refractivity contribution in [3.05, 3.63) is 51.2 Å². The van der Waals surface area contributed by atoms with Gasteiger partial charge in [0.1, 0.15) is 17.3 Å². The van der Waals surface area contributed by atoms with Crippen LogP contribution in [0.25, 0.3) is 0 Å². The topological polar surface area (TPSA) is 43.4 Å². The maximum Gasteiger partial charge on any atom is 0.354 e. The standard InChI is InChI=1S/C14H7BrClF3O3S/c15-13-10-6-14(18,19)23(20,21)12(10)2-1-11(13)22-9-4-7(16)3-8(17)5-9/h1-5H,6H2. The predicted octanol–water partition coefficient (Wildman–Crippen LogP) is 4.96. The molecule has 3 nitrogen and oxygen atoms in total. The molecule has 122 valence electrons. The number of rotatable bonds is 2. The average Bonchev–Trinajstić information content (AvgIpc) is 2.59. The van der Waals surface area contributed by atoms with Gasteiger partial charge < -0.3 is 4.74 Å². The first kappa shape index (κ1) is 16.6. The van der Waals surface area contributed by atoms with E-state index in [2.05, 4.69) is 15.9 Å². The molecule has 9 heteroatoms. The Balaban J connectivity index is 2.05. The van der Waals surface area contributed by atoms with Crippen molar-refractivity contribution < 1.29 is 26.3 Å². The van der Waals surface area contributed by atoms with Crippen LogP contribution in [0.4, 0.5) is 13.2 Å². The molecule has 0 aliphatic carbocycles. The molecule has 0 saturated heterocycles. The first-order valence-corrected chi connectivity index (χ1v) is 8.85. The second-order valence-corrected chi connectivity index (χ2v) is 8.15. The molecule has 1 aliphatic rings. The highest BCUT2D eigenvalue weighted by Crippen LogP contribution is 2.47. The second-order valence-electron chi connectivity index (χ2n) is 4.88. The van der Waals surface area contributed by atoms with Crippen LogP contribution in [0.2, 0.25) is 5.02 Å². The number of ether oxygens (including phenoxy) is 1. The Kier molecular flexibility index (Phi) is 3.89. The summed E-state index contributed by atoms with van der Waals surface area (Å²) in [5.41, 5.74) is -0.0741. The van der Waals surface area contributed by atoms with Gasteiger partial charge in [0.15, 0.2) is 0 Å². The van der Waals surface area contributed by atoms with Gasteiger partial charge in [-0.1, -0.05) is 11.6 Å². The van der Waals surface area contributed by atoms with Crippen LogP contribution in [0.5, 0.6) is 11.5 Å². The van der Waals surface area contributed by atoms with Gasteiger partial charge in [0.05, 0.1) is 15.8 Å². The zero-order valence-corrected chi connectivity index (χ0v) is 14.3. The molecule has 0 spiro atoms. The fourth-order valence-electron chi connectivity index (χ4n) is 2.25. The SMILES string of the molecule is O=S1(=O)c2ccc(Oc3cc(F)cc(Cl)c3)c(Br)c2CC1(F)F. The quantitative estimate of drug-likeness (QED) is 0.681. The number of alkyl halides is 2. The maximum atomic E-state index is 13.6. The Morgan fingerprint density at radius 2 is 1.91 bits per heavy atom. The van der Waals surface area contributed by atoms with Crippen molar-refractivity contribution in [2.24, 2.45) is 0 Å². The van der Waals surface area contributed by atoms with Crippen molar-refractivity contribution in [2.45, 2.75) is 16.6 Å².